The predicted molar refractivity (Wildman–Crippen MR) is 127 cm³/mol. The minimum absolute atomic E-state index is 0.0152. The van der Waals surface area contributed by atoms with Crippen LogP contribution in [0.3, 0.4) is 0 Å². The number of benzene rings is 2. The van der Waals surface area contributed by atoms with Gasteiger partial charge in [0, 0.05) is 6.54 Å². The first-order valence-corrected chi connectivity index (χ1v) is 11.9. The molecular weight excluding hydrogens is 498 g/mol. The first-order chi connectivity index (χ1) is 16.9. The van der Waals surface area contributed by atoms with Crippen molar-refractivity contribution in [3.05, 3.63) is 77.6 Å². The molecule has 0 aliphatic heterocycles. The topological polar surface area (TPSA) is 111 Å². The lowest BCUT2D eigenvalue weighted by atomic mass is 10.2. The zero-order valence-corrected chi connectivity index (χ0v) is 19.8. The summed E-state index contributed by atoms with van der Waals surface area (Å²) in [5, 5.41) is 17.7. The van der Waals surface area contributed by atoms with E-state index in [-0.39, 0.29) is 46.4 Å². The maximum absolute atomic E-state index is 13.2. The van der Waals surface area contributed by atoms with Crippen molar-refractivity contribution in [1.82, 2.24) is 25.3 Å². The second-order valence-corrected chi connectivity index (χ2v) is 9.19. The fourth-order valence-corrected chi connectivity index (χ4v) is 4.42. The molecule has 2 heterocycles. The summed E-state index contributed by atoms with van der Waals surface area (Å²) in [6.45, 7) is 0.281. The van der Waals surface area contributed by atoms with Gasteiger partial charge in [0.25, 0.3) is 5.91 Å². The van der Waals surface area contributed by atoms with E-state index in [1.54, 1.807) is 12.1 Å². The number of amides is 2. The van der Waals surface area contributed by atoms with Crippen molar-refractivity contribution < 1.29 is 23.1 Å². The van der Waals surface area contributed by atoms with Crippen LogP contribution in [-0.4, -0.2) is 44.7 Å². The number of rotatable bonds is 9. The lowest BCUT2D eigenvalue weighted by molar-refractivity contribution is -0.118. The maximum Gasteiger partial charge on any atom is 0.281 e. The highest BCUT2D eigenvalue weighted by atomic mass is 32.2. The molecule has 0 aliphatic carbocycles. The summed E-state index contributed by atoms with van der Waals surface area (Å²) < 4.78 is 33.3. The van der Waals surface area contributed by atoms with Gasteiger partial charge in [-0.25, -0.2) is 13.5 Å². The van der Waals surface area contributed by atoms with E-state index >= 15 is 0 Å². The first-order valence-electron chi connectivity index (χ1n) is 10.1. The summed E-state index contributed by atoms with van der Waals surface area (Å²) >= 11 is 2.27. The number of ether oxygens (including phenoxy) is 1. The van der Waals surface area contributed by atoms with Crippen LogP contribution in [0.1, 0.15) is 16.1 Å². The number of carbonyl (C=O) groups excluding carboxylic acids is 2. The van der Waals surface area contributed by atoms with Gasteiger partial charge in [0.1, 0.15) is 11.6 Å². The highest BCUT2D eigenvalue weighted by Gasteiger charge is 2.20. The molecule has 0 bridgehead atoms. The zero-order valence-electron chi connectivity index (χ0n) is 18.2. The Kier molecular flexibility index (Phi) is 7.67. The number of hydrogen-bond donors (Lipinski definition) is 2. The summed E-state index contributed by atoms with van der Waals surface area (Å²) in [6, 6.07) is 11.5. The van der Waals surface area contributed by atoms with Gasteiger partial charge in [-0.15, -0.1) is 10.2 Å². The summed E-state index contributed by atoms with van der Waals surface area (Å²) in [5.74, 6) is -1.19. The van der Waals surface area contributed by atoms with Gasteiger partial charge in [0.05, 0.1) is 24.7 Å². The fourth-order valence-electron chi connectivity index (χ4n) is 2.85. The quantitative estimate of drug-likeness (QED) is 0.258. The van der Waals surface area contributed by atoms with Gasteiger partial charge in [-0.1, -0.05) is 35.2 Å². The molecule has 0 spiro atoms. The Morgan fingerprint density at radius 2 is 1.74 bits per heavy atom. The molecule has 0 atom stereocenters. The minimum atomic E-state index is -0.563. The van der Waals surface area contributed by atoms with E-state index in [4.69, 9.17) is 4.74 Å². The predicted octanol–water partition coefficient (Wildman–Crippen LogP) is 3.67. The highest BCUT2D eigenvalue weighted by molar-refractivity contribution is 8.01. The Bertz CT molecular complexity index is 1330. The van der Waals surface area contributed by atoms with Gasteiger partial charge < -0.3 is 10.1 Å². The van der Waals surface area contributed by atoms with Gasteiger partial charge in [-0.05, 0) is 42.0 Å². The minimum Gasteiger partial charge on any atom is -0.493 e. The Labute approximate surface area is 206 Å². The average molecular weight is 517 g/mol. The molecule has 2 amide bonds. The van der Waals surface area contributed by atoms with Crippen LogP contribution >= 0.6 is 23.1 Å². The number of nitrogens with one attached hydrogen (secondary N) is 2. The van der Waals surface area contributed by atoms with Crippen LogP contribution in [0.4, 0.5) is 13.9 Å². The lowest BCUT2D eigenvalue weighted by Gasteiger charge is -2.04. The highest BCUT2D eigenvalue weighted by Crippen LogP contribution is 2.27. The molecule has 180 valence electrons. The second-order valence-electron chi connectivity index (χ2n) is 6.99. The number of methoxy groups -OCH3 is 1. The summed E-state index contributed by atoms with van der Waals surface area (Å²) in [4.78, 5) is 24.8. The first kappa shape index (κ1) is 24.3. The third-order valence-electron chi connectivity index (χ3n) is 4.56. The Morgan fingerprint density at radius 3 is 2.43 bits per heavy atom. The van der Waals surface area contributed by atoms with E-state index in [0.717, 1.165) is 16.9 Å². The standard InChI is InChI=1S/C22H18F2N6O3S2/c1-33-17-11-30(16-8-6-15(24)7-9-16)29-19(17)20(32)26-21-27-28-22(35-21)34-12-18(31)25-10-13-2-4-14(23)5-3-13/h2-9,11H,10,12H2,1H3,(H,25,31)(H,26,27,32). The van der Waals surface area contributed by atoms with Gasteiger partial charge in [-0.3, -0.25) is 14.9 Å². The van der Waals surface area contributed by atoms with Crippen LogP contribution in [0.15, 0.2) is 59.1 Å². The van der Waals surface area contributed by atoms with E-state index < -0.39 is 5.91 Å². The van der Waals surface area contributed by atoms with Crippen molar-refractivity contribution in [3.63, 3.8) is 0 Å². The smallest absolute Gasteiger partial charge is 0.281 e. The average Bonchev–Trinajstić information content (AvgIpc) is 3.50. The van der Waals surface area contributed by atoms with Crippen LogP contribution in [0.25, 0.3) is 5.69 Å². The molecule has 0 unspecified atom stereocenters. The maximum atomic E-state index is 13.2. The van der Waals surface area contributed by atoms with Crippen LogP contribution in [-0.2, 0) is 11.3 Å². The molecule has 2 N–H and O–H groups in total. The number of thioether (sulfide) groups is 1. The third-order valence-corrected chi connectivity index (χ3v) is 6.54. The van der Waals surface area contributed by atoms with Crippen LogP contribution in [0.5, 0.6) is 5.75 Å². The zero-order chi connectivity index (χ0) is 24.8. The Balaban J connectivity index is 1.32. The summed E-state index contributed by atoms with van der Waals surface area (Å²) in [5.41, 5.74) is 1.35. The molecule has 9 nitrogen and oxygen atoms in total. The fraction of sp³-hybridized carbons (Fsp3) is 0.136. The van der Waals surface area contributed by atoms with Crippen molar-refractivity contribution in [2.24, 2.45) is 0 Å². The molecule has 0 fully saturated rings. The SMILES string of the molecule is COc1cn(-c2ccc(F)cc2)nc1C(=O)Nc1nnc(SCC(=O)NCc2ccc(F)cc2)s1. The molecule has 0 saturated heterocycles. The Morgan fingerprint density at radius 1 is 1.06 bits per heavy atom. The van der Waals surface area contributed by atoms with E-state index in [0.29, 0.717) is 10.0 Å². The number of hydrogen-bond acceptors (Lipinski definition) is 8. The lowest BCUT2D eigenvalue weighted by Crippen LogP contribution is -2.24. The van der Waals surface area contributed by atoms with E-state index in [2.05, 4.69) is 25.9 Å². The molecule has 0 aliphatic rings. The monoisotopic (exact) mass is 516 g/mol. The van der Waals surface area contributed by atoms with E-state index in [1.165, 1.54) is 66.1 Å². The van der Waals surface area contributed by atoms with Gasteiger partial charge in [-0.2, -0.15) is 5.10 Å². The molecule has 2 aromatic carbocycles. The number of carbonyl (C=O) groups is 2. The summed E-state index contributed by atoms with van der Waals surface area (Å²) in [6.07, 6.45) is 1.51. The molecule has 4 aromatic rings. The van der Waals surface area contributed by atoms with Crippen molar-refractivity contribution in [3.8, 4) is 11.4 Å². The largest absolute Gasteiger partial charge is 0.493 e. The molecule has 13 heteroatoms. The van der Waals surface area contributed by atoms with Crippen molar-refractivity contribution >= 4 is 40.0 Å². The molecular formula is C22H18F2N6O3S2. The molecule has 35 heavy (non-hydrogen) atoms. The van der Waals surface area contributed by atoms with Gasteiger partial charge in [0.15, 0.2) is 15.8 Å². The van der Waals surface area contributed by atoms with Crippen molar-refractivity contribution in [2.75, 3.05) is 18.2 Å². The second kappa shape index (κ2) is 11.1. The third kappa shape index (κ3) is 6.39. The molecule has 4 rings (SSSR count). The molecule has 0 radical (unpaired) electrons. The van der Waals surface area contributed by atoms with Crippen LogP contribution in [0, 0.1) is 11.6 Å². The Hall–Kier alpha value is -3.84. The van der Waals surface area contributed by atoms with Crippen LogP contribution < -0.4 is 15.4 Å². The van der Waals surface area contributed by atoms with E-state index in [9.17, 15) is 18.4 Å². The normalized spacial score (nSPS) is 10.7. The number of aromatic nitrogens is 4. The number of halogens is 2. The molecule has 0 saturated carbocycles. The van der Waals surface area contributed by atoms with Crippen molar-refractivity contribution in [2.45, 2.75) is 10.9 Å². The van der Waals surface area contributed by atoms with Gasteiger partial charge >= 0.3 is 0 Å². The van der Waals surface area contributed by atoms with E-state index in [1.807, 2.05) is 0 Å². The molecule has 2 aromatic heterocycles. The summed E-state index contributed by atoms with van der Waals surface area (Å²) in [7, 11) is 1.41. The number of nitrogens with zero attached hydrogens (tertiary/aromatic N) is 4. The van der Waals surface area contributed by atoms with Gasteiger partial charge in [0.2, 0.25) is 11.0 Å². The van der Waals surface area contributed by atoms with Crippen molar-refractivity contribution in [1.29, 1.82) is 0 Å². The van der Waals surface area contributed by atoms with Crippen LogP contribution in [0.2, 0.25) is 0 Å². The number of anilines is 1.